The van der Waals surface area contributed by atoms with Gasteiger partial charge >= 0.3 is 0 Å². The van der Waals surface area contributed by atoms with E-state index >= 15 is 0 Å². The summed E-state index contributed by atoms with van der Waals surface area (Å²) in [5.74, 6) is -0.616. The molecule has 0 aliphatic rings. The second kappa shape index (κ2) is 5.78. The molecule has 0 aromatic carbocycles. The quantitative estimate of drug-likeness (QED) is 0.850. The normalized spacial score (nSPS) is 11.7. The molecule has 0 atom stereocenters. The van der Waals surface area contributed by atoms with Crippen LogP contribution in [0, 0.1) is 0 Å². The maximum atomic E-state index is 13.3. The summed E-state index contributed by atoms with van der Waals surface area (Å²) in [7, 11) is 0. The first-order valence-electron chi connectivity index (χ1n) is 5.33. The van der Waals surface area contributed by atoms with E-state index in [1.165, 1.54) is 12.3 Å². The van der Waals surface area contributed by atoms with E-state index in [-0.39, 0.29) is 27.9 Å². The number of allylic oxidation sites excluding steroid dienone is 4. The number of nitrogens with zero attached hydrogens (tertiary/aromatic N) is 1. The van der Waals surface area contributed by atoms with Crippen LogP contribution in [0.5, 0.6) is 0 Å². The van der Waals surface area contributed by atoms with Gasteiger partial charge in [0.25, 0.3) is 5.56 Å². The molecular formula is C13H14ClFN2O. The minimum Gasteiger partial charge on any atom is -0.306 e. The van der Waals surface area contributed by atoms with Crippen molar-refractivity contribution >= 4 is 17.2 Å². The zero-order valence-electron chi connectivity index (χ0n) is 10.3. The highest BCUT2D eigenvalue weighted by molar-refractivity contribution is 6.31. The summed E-state index contributed by atoms with van der Waals surface area (Å²) in [4.78, 5) is 18.3. The molecule has 0 amide bonds. The lowest BCUT2D eigenvalue weighted by molar-refractivity contribution is 0.675. The van der Waals surface area contributed by atoms with Crippen LogP contribution in [-0.2, 0) is 0 Å². The number of H-pyrrole nitrogens is 1. The molecule has 0 aliphatic heterocycles. The topological polar surface area (TPSA) is 45.8 Å². The van der Waals surface area contributed by atoms with Crippen LogP contribution < -0.4 is 5.56 Å². The van der Waals surface area contributed by atoms with Crippen molar-refractivity contribution in [2.45, 2.75) is 19.8 Å². The Labute approximate surface area is 110 Å². The van der Waals surface area contributed by atoms with Crippen LogP contribution in [0.15, 0.2) is 41.1 Å². The first-order chi connectivity index (χ1) is 8.32. The Kier molecular flexibility index (Phi) is 4.62. The summed E-state index contributed by atoms with van der Waals surface area (Å²) < 4.78 is 13.3. The highest BCUT2D eigenvalue weighted by Crippen LogP contribution is 2.22. The lowest BCUT2D eigenvalue weighted by Crippen LogP contribution is -2.17. The molecule has 0 saturated heterocycles. The molecule has 0 radical (unpaired) electrons. The molecule has 0 bridgehead atoms. The fourth-order valence-electron chi connectivity index (χ4n) is 1.38. The standard InChI is InChI=1S/C13H14ClFN2O/c1-7(2)11-6-16-12(17-13(11)18)10(9(4)15)5-8(3)14/h5-7H,3-4H2,1-2H3,(H,16,17,18)/b10-5+. The average molecular weight is 269 g/mol. The van der Waals surface area contributed by atoms with Crippen LogP contribution in [-0.4, -0.2) is 9.97 Å². The van der Waals surface area contributed by atoms with Gasteiger partial charge in [-0.3, -0.25) is 4.79 Å². The molecular weight excluding hydrogens is 255 g/mol. The molecule has 96 valence electrons. The van der Waals surface area contributed by atoms with Crippen LogP contribution >= 0.6 is 11.6 Å². The van der Waals surface area contributed by atoms with E-state index in [0.29, 0.717) is 5.56 Å². The number of nitrogens with one attached hydrogen (secondary N) is 1. The van der Waals surface area contributed by atoms with Gasteiger partial charge in [-0.1, -0.05) is 38.6 Å². The Morgan fingerprint density at radius 1 is 1.56 bits per heavy atom. The first kappa shape index (κ1) is 14.4. The summed E-state index contributed by atoms with van der Waals surface area (Å²) >= 11 is 5.59. The summed E-state index contributed by atoms with van der Waals surface area (Å²) in [6.07, 6.45) is 2.68. The number of aromatic nitrogens is 2. The predicted octanol–water partition coefficient (Wildman–Crippen LogP) is 3.51. The zero-order valence-corrected chi connectivity index (χ0v) is 11.0. The molecule has 1 aromatic rings. The molecule has 0 fully saturated rings. The molecule has 1 aromatic heterocycles. The average Bonchev–Trinajstić information content (AvgIpc) is 2.24. The van der Waals surface area contributed by atoms with Crippen LogP contribution in [0.2, 0.25) is 0 Å². The minimum absolute atomic E-state index is 0.0161. The molecule has 1 N–H and O–H groups in total. The third-order valence-electron chi connectivity index (χ3n) is 2.30. The third-order valence-corrected chi connectivity index (χ3v) is 2.41. The van der Waals surface area contributed by atoms with Crippen molar-refractivity contribution in [1.29, 1.82) is 0 Å². The molecule has 1 heterocycles. The van der Waals surface area contributed by atoms with Crippen molar-refractivity contribution in [1.82, 2.24) is 9.97 Å². The maximum Gasteiger partial charge on any atom is 0.254 e. The number of hydrogen-bond donors (Lipinski definition) is 1. The Morgan fingerprint density at radius 2 is 2.17 bits per heavy atom. The van der Waals surface area contributed by atoms with Crippen molar-refractivity contribution in [3.63, 3.8) is 0 Å². The van der Waals surface area contributed by atoms with Crippen LogP contribution in [0.3, 0.4) is 0 Å². The third kappa shape index (κ3) is 3.40. The van der Waals surface area contributed by atoms with Gasteiger partial charge in [-0.2, -0.15) is 0 Å². The van der Waals surface area contributed by atoms with E-state index in [0.717, 1.165) is 0 Å². The van der Waals surface area contributed by atoms with E-state index in [4.69, 9.17) is 11.6 Å². The fourth-order valence-corrected chi connectivity index (χ4v) is 1.49. The predicted molar refractivity (Wildman–Crippen MR) is 72.2 cm³/mol. The van der Waals surface area contributed by atoms with Crippen LogP contribution in [0.1, 0.15) is 31.2 Å². The summed E-state index contributed by atoms with van der Waals surface area (Å²) in [5, 5.41) is 0.124. The van der Waals surface area contributed by atoms with E-state index in [2.05, 4.69) is 23.1 Å². The molecule has 3 nitrogen and oxygen atoms in total. The van der Waals surface area contributed by atoms with Gasteiger partial charge in [0, 0.05) is 16.8 Å². The van der Waals surface area contributed by atoms with Crippen molar-refractivity contribution in [2.75, 3.05) is 0 Å². The molecule has 0 spiro atoms. The van der Waals surface area contributed by atoms with E-state index in [9.17, 15) is 9.18 Å². The largest absolute Gasteiger partial charge is 0.306 e. The number of halogens is 2. The van der Waals surface area contributed by atoms with Crippen molar-refractivity contribution in [2.24, 2.45) is 0 Å². The second-order valence-corrected chi connectivity index (χ2v) is 4.57. The Balaban J connectivity index is 3.33. The molecule has 0 aliphatic carbocycles. The Morgan fingerprint density at radius 3 is 2.56 bits per heavy atom. The number of hydrogen-bond acceptors (Lipinski definition) is 2. The van der Waals surface area contributed by atoms with Gasteiger partial charge in [-0.05, 0) is 12.0 Å². The van der Waals surface area contributed by atoms with Crippen LogP contribution in [0.25, 0.3) is 5.57 Å². The second-order valence-electron chi connectivity index (χ2n) is 4.08. The smallest absolute Gasteiger partial charge is 0.254 e. The summed E-state index contributed by atoms with van der Waals surface area (Å²) in [6.45, 7) is 10.4. The van der Waals surface area contributed by atoms with Crippen molar-refractivity contribution in [3.05, 3.63) is 58.0 Å². The number of aromatic amines is 1. The van der Waals surface area contributed by atoms with Gasteiger partial charge in [-0.15, -0.1) is 0 Å². The van der Waals surface area contributed by atoms with Gasteiger partial charge in [-0.25, -0.2) is 9.37 Å². The van der Waals surface area contributed by atoms with Crippen molar-refractivity contribution in [3.8, 4) is 0 Å². The van der Waals surface area contributed by atoms with Gasteiger partial charge in [0.15, 0.2) is 0 Å². The van der Waals surface area contributed by atoms with Gasteiger partial charge < -0.3 is 4.98 Å². The molecule has 18 heavy (non-hydrogen) atoms. The molecule has 0 unspecified atom stereocenters. The SMILES string of the molecule is C=C(Cl)/C=C(\C(=C)F)c1ncc(C(C)C)c(=O)[nH]1. The van der Waals surface area contributed by atoms with E-state index in [1.807, 2.05) is 13.8 Å². The number of rotatable bonds is 4. The molecule has 0 saturated carbocycles. The zero-order chi connectivity index (χ0) is 13.9. The Bertz CT molecular complexity index is 573. The monoisotopic (exact) mass is 268 g/mol. The highest BCUT2D eigenvalue weighted by atomic mass is 35.5. The minimum atomic E-state index is -0.739. The van der Waals surface area contributed by atoms with Crippen LogP contribution in [0.4, 0.5) is 4.39 Å². The van der Waals surface area contributed by atoms with E-state index in [1.54, 1.807) is 0 Å². The maximum absolute atomic E-state index is 13.3. The van der Waals surface area contributed by atoms with Gasteiger partial charge in [0.05, 0.1) is 5.57 Å². The molecule has 1 rings (SSSR count). The van der Waals surface area contributed by atoms with E-state index < -0.39 is 5.83 Å². The summed E-state index contributed by atoms with van der Waals surface area (Å²) in [5.41, 5.74) is 0.247. The Hall–Kier alpha value is -1.68. The van der Waals surface area contributed by atoms with Crippen molar-refractivity contribution < 1.29 is 4.39 Å². The highest BCUT2D eigenvalue weighted by Gasteiger charge is 2.12. The lowest BCUT2D eigenvalue weighted by Gasteiger charge is -2.07. The lowest BCUT2D eigenvalue weighted by atomic mass is 10.1. The summed E-state index contributed by atoms with van der Waals surface area (Å²) in [6, 6.07) is 0. The first-order valence-corrected chi connectivity index (χ1v) is 5.71. The van der Waals surface area contributed by atoms with Gasteiger partial charge in [0.2, 0.25) is 0 Å². The van der Waals surface area contributed by atoms with Gasteiger partial charge in [0.1, 0.15) is 11.7 Å². The fraction of sp³-hybridized carbons (Fsp3) is 0.231. The molecule has 5 heteroatoms.